The van der Waals surface area contributed by atoms with E-state index < -0.39 is 10.1 Å². The molecule has 0 bridgehead atoms. The number of hydrogen-bond donors (Lipinski definition) is 0. The van der Waals surface area contributed by atoms with Gasteiger partial charge < -0.3 is 13.7 Å². The Morgan fingerprint density at radius 3 is 1.43 bits per heavy atom. The van der Waals surface area contributed by atoms with Gasteiger partial charge in [0.15, 0.2) is 0 Å². The van der Waals surface area contributed by atoms with Crippen molar-refractivity contribution in [1.29, 1.82) is 0 Å². The fourth-order valence-corrected chi connectivity index (χ4v) is 3.18. The van der Waals surface area contributed by atoms with Gasteiger partial charge in [-0.1, -0.05) is 0 Å². The highest BCUT2D eigenvalue weighted by Gasteiger charge is 2.16. The summed E-state index contributed by atoms with van der Waals surface area (Å²) >= 11 is 0. The minimum atomic E-state index is -3.93. The van der Waals surface area contributed by atoms with Gasteiger partial charge in [0.2, 0.25) is 0 Å². The molecule has 0 saturated heterocycles. The number of nitrogens with zero attached hydrogens (tertiary/aromatic N) is 2. The molecule has 0 fully saturated rings. The van der Waals surface area contributed by atoms with E-state index in [1.54, 1.807) is 55.6 Å². The Bertz CT molecular complexity index is 1050. The molecule has 144 valence electrons. The van der Waals surface area contributed by atoms with Gasteiger partial charge in [0.05, 0.1) is 25.6 Å². The average Bonchev–Trinajstić information content (AvgIpc) is 2.73. The number of azo groups is 1. The highest BCUT2D eigenvalue weighted by molar-refractivity contribution is 7.87. The molecule has 3 aromatic carbocycles. The zero-order valence-corrected chi connectivity index (χ0v) is 16.1. The lowest BCUT2D eigenvalue weighted by Gasteiger charge is -2.07. The van der Waals surface area contributed by atoms with Gasteiger partial charge in [-0.3, -0.25) is 0 Å². The summed E-state index contributed by atoms with van der Waals surface area (Å²) in [6.45, 7) is 0. The van der Waals surface area contributed by atoms with Gasteiger partial charge in [0.25, 0.3) is 0 Å². The fourth-order valence-electron chi connectivity index (χ4n) is 2.25. The van der Waals surface area contributed by atoms with Gasteiger partial charge in [-0.2, -0.15) is 18.6 Å². The molecular formula is C20H18N2O5S. The van der Waals surface area contributed by atoms with Crippen LogP contribution in [0.15, 0.2) is 87.9 Å². The molecule has 8 heteroatoms. The fraction of sp³-hybridized carbons (Fsp3) is 0.100. The Morgan fingerprint density at radius 1 is 0.607 bits per heavy atom. The Balaban J connectivity index is 1.68. The molecule has 3 aromatic rings. The van der Waals surface area contributed by atoms with Crippen molar-refractivity contribution in [2.45, 2.75) is 4.90 Å². The van der Waals surface area contributed by atoms with Crippen molar-refractivity contribution >= 4 is 21.5 Å². The first-order chi connectivity index (χ1) is 13.5. The maximum Gasteiger partial charge on any atom is 0.339 e. The van der Waals surface area contributed by atoms with E-state index in [1.165, 1.54) is 31.4 Å². The smallest absolute Gasteiger partial charge is 0.339 e. The highest BCUT2D eigenvalue weighted by Crippen LogP contribution is 2.25. The third-order valence-corrected chi connectivity index (χ3v) is 5.01. The van der Waals surface area contributed by atoms with Gasteiger partial charge in [0.1, 0.15) is 22.1 Å². The van der Waals surface area contributed by atoms with Crippen LogP contribution in [-0.4, -0.2) is 22.6 Å². The van der Waals surface area contributed by atoms with Crippen molar-refractivity contribution in [3.05, 3.63) is 72.8 Å². The van der Waals surface area contributed by atoms with E-state index in [9.17, 15) is 8.42 Å². The molecule has 0 spiro atoms. The van der Waals surface area contributed by atoms with Crippen LogP contribution in [0.5, 0.6) is 17.2 Å². The topological polar surface area (TPSA) is 86.6 Å². The Labute approximate surface area is 163 Å². The summed E-state index contributed by atoms with van der Waals surface area (Å²) in [7, 11) is -0.835. The van der Waals surface area contributed by atoms with Crippen molar-refractivity contribution in [2.24, 2.45) is 10.2 Å². The molecule has 0 radical (unpaired) electrons. The zero-order chi connectivity index (χ0) is 20.0. The summed E-state index contributed by atoms with van der Waals surface area (Å²) in [5.74, 6) is 1.48. The predicted molar refractivity (Wildman–Crippen MR) is 104 cm³/mol. The van der Waals surface area contributed by atoms with E-state index in [0.717, 1.165) is 5.75 Å². The molecule has 0 aliphatic rings. The van der Waals surface area contributed by atoms with Gasteiger partial charge in [-0.25, -0.2) is 0 Å². The van der Waals surface area contributed by atoms with Crippen LogP contribution in [0.4, 0.5) is 11.4 Å². The first kappa shape index (κ1) is 19.4. The zero-order valence-electron chi connectivity index (χ0n) is 15.3. The molecule has 0 heterocycles. The predicted octanol–water partition coefficient (Wildman–Crippen LogP) is 4.89. The molecule has 28 heavy (non-hydrogen) atoms. The molecule has 7 nitrogen and oxygen atoms in total. The van der Waals surface area contributed by atoms with Crippen molar-refractivity contribution in [1.82, 2.24) is 0 Å². The van der Waals surface area contributed by atoms with E-state index in [0.29, 0.717) is 17.1 Å². The summed E-state index contributed by atoms with van der Waals surface area (Å²) in [5, 5.41) is 8.23. The summed E-state index contributed by atoms with van der Waals surface area (Å²) in [6.07, 6.45) is 0. The van der Waals surface area contributed by atoms with Crippen LogP contribution in [-0.2, 0) is 10.1 Å². The monoisotopic (exact) mass is 398 g/mol. The molecule has 0 aliphatic carbocycles. The lowest BCUT2D eigenvalue weighted by molar-refractivity contribution is 0.414. The van der Waals surface area contributed by atoms with E-state index in [-0.39, 0.29) is 10.6 Å². The Hall–Kier alpha value is -3.39. The molecule has 0 atom stereocenters. The maximum atomic E-state index is 12.3. The summed E-state index contributed by atoms with van der Waals surface area (Å²) in [4.78, 5) is 0.0385. The van der Waals surface area contributed by atoms with Crippen LogP contribution >= 0.6 is 0 Å². The van der Waals surface area contributed by atoms with E-state index in [1.807, 2.05) is 0 Å². The molecule has 0 saturated carbocycles. The van der Waals surface area contributed by atoms with Gasteiger partial charge in [-0.05, 0) is 72.8 Å². The van der Waals surface area contributed by atoms with Gasteiger partial charge >= 0.3 is 10.1 Å². The van der Waals surface area contributed by atoms with Crippen molar-refractivity contribution in [3.8, 4) is 17.2 Å². The summed E-state index contributed by atoms with van der Waals surface area (Å²) in [5.41, 5.74) is 1.23. The van der Waals surface area contributed by atoms with Crippen LogP contribution in [0.1, 0.15) is 0 Å². The van der Waals surface area contributed by atoms with Crippen molar-refractivity contribution in [2.75, 3.05) is 14.2 Å². The normalized spacial score (nSPS) is 11.4. The number of methoxy groups -OCH3 is 2. The maximum absolute atomic E-state index is 12.3. The molecule has 0 unspecified atom stereocenters. The van der Waals surface area contributed by atoms with Gasteiger partial charge in [-0.15, -0.1) is 0 Å². The third-order valence-electron chi connectivity index (χ3n) is 3.74. The van der Waals surface area contributed by atoms with Crippen LogP contribution in [0.3, 0.4) is 0 Å². The largest absolute Gasteiger partial charge is 0.497 e. The second-order valence-electron chi connectivity index (χ2n) is 5.60. The number of ether oxygens (including phenoxy) is 2. The summed E-state index contributed by atoms with van der Waals surface area (Å²) in [6, 6.07) is 19.4. The lowest BCUT2D eigenvalue weighted by Crippen LogP contribution is -2.09. The molecule has 3 rings (SSSR count). The second kappa shape index (κ2) is 8.53. The van der Waals surface area contributed by atoms with Crippen LogP contribution in [0.25, 0.3) is 0 Å². The van der Waals surface area contributed by atoms with Crippen molar-refractivity contribution in [3.63, 3.8) is 0 Å². The lowest BCUT2D eigenvalue weighted by atomic mass is 10.3. The van der Waals surface area contributed by atoms with E-state index in [4.69, 9.17) is 13.7 Å². The summed E-state index contributed by atoms with van der Waals surface area (Å²) < 4.78 is 39.9. The second-order valence-corrected chi connectivity index (χ2v) is 7.15. The number of rotatable bonds is 7. The first-order valence-corrected chi connectivity index (χ1v) is 9.65. The highest BCUT2D eigenvalue weighted by atomic mass is 32.2. The molecule has 0 aliphatic heterocycles. The molecule has 0 amide bonds. The Morgan fingerprint density at radius 2 is 1.00 bits per heavy atom. The average molecular weight is 398 g/mol. The standard InChI is InChI=1S/C20H18N2O5S/c1-25-17-7-3-15(4-8-17)21-22-16-5-9-19(10-6-16)27-28(23,24)20-13-11-18(26-2)12-14-20/h3-14H,1-2H3. The van der Waals surface area contributed by atoms with Crippen LogP contribution in [0, 0.1) is 0 Å². The molecule has 0 N–H and O–H groups in total. The third kappa shape index (κ3) is 4.86. The van der Waals surface area contributed by atoms with Gasteiger partial charge in [0, 0.05) is 0 Å². The Kier molecular flexibility index (Phi) is 5.90. The minimum absolute atomic E-state index is 0.0385. The SMILES string of the molecule is COc1ccc(N=Nc2ccc(OS(=O)(=O)c3ccc(OC)cc3)cc2)cc1. The molecule has 0 aromatic heterocycles. The van der Waals surface area contributed by atoms with Crippen LogP contribution in [0.2, 0.25) is 0 Å². The number of hydrogen-bond acceptors (Lipinski definition) is 7. The molecular weight excluding hydrogens is 380 g/mol. The number of benzene rings is 3. The van der Waals surface area contributed by atoms with E-state index in [2.05, 4.69) is 10.2 Å². The van der Waals surface area contributed by atoms with E-state index >= 15 is 0 Å². The quantitative estimate of drug-likeness (QED) is 0.418. The van der Waals surface area contributed by atoms with Crippen LogP contribution < -0.4 is 13.7 Å². The van der Waals surface area contributed by atoms with Crippen molar-refractivity contribution < 1.29 is 22.1 Å². The first-order valence-electron chi connectivity index (χ1n) is 8.24. The minimum Gasteiger partial charge on any atom is -0.497 e.